The summed E-state index contributed by atoms with van der Waals surface area (Å²) in [5.74, 6) is 0.699. The number of aryl methyl sites for hydroxylation is 2. The molecule has 1 aliphatic heterocycles. The second-order valence-electron chi connectivity index (χ2n) is 6.80. The number of nitrogens with zero attached hydrogens (tertiary/aromatic N) is 3. The summed E-state index contributed by atoms with van der Waals surface area (Å²) < 4.78 is 2.09. The van der Waals surface area contributed by atoms with Crippen LogP contribution in [0.1, 0.15) is 43.7 Å². The van der Waals surface area contributed by atoms with Gasteiger partial charge in [0, 0.05) is 25.0 Å². The van der Waals surface area contributed by atoms with Gasteiger partial charge in [0.15, 0.2) is 5.16 Å². The molecule has 1 fully saturated rings. The first-order valence-electron chi connectivity index (χ1n) is 9.13. The van der Waals surface area contributed by atoms with Crippen molar-refractivity contribution in [3.8, 4) is 5.69 Å². The first-order valence-corrected chi connectivity index (χ1v) is 10.1. The first kappa shape index (κ1) is 18.1. The average Bonchev–Trinajstić information content (AvgIpc) is 3.10. The third-order valence-electron chi connectivity index (χ3n) is 4.97. The SMILES string of the molecule is CCC1CCCCN1C(=O)CSc1nccn1-c1cc(C)ccc1C. The van der Waals surface area contributed by atoms with Crippen molar-refractivity contribution in [1.82, 2.24) is 14.5 Å². The van der Waals surface area contributed by atoms with Crippen molar-refractivity contribution in [1.29, 1.82) is 0 Å². The van der Waals surface area contributed by atoms with E-state index >= 15 is 0 Å². The van der Waals surface area contributed by atoms with Crippen molar-refractivity contribution in [2.45, 2.75) is 57.7 Å². The molecule has 0 spiro atoms. The molecular formula is C20H27N3OS. The Morgan fingerprint density at radius 3 is 2.96 bits per heavy atom. The van der Waals surface area contributed by atoms with Crippen LogP contribution in [-0.4, -0.2) is 38.7 Å². The maximum atomic E-state index is 12.7. The van der Waals surface area contributed by atoms with Crippen molar-refractivity contribution in [3.63, 3.8) is 0 Å². The lowest BCUT2D eigenvalue weighted by atomic mass is 10.0. The molecule has 0 saturated carbocycles. The minimum absolute atomic E-state index is 0.243. The highest BCUT2D eigenvalue weighted by Gasteiger charge is 2.25. The molecule has 3 rings (SSSR count). The molecule has 1 atom stereocenters. The number of carbonyl (C=O) groups is 1. The fourth-order valence-corrected chi connectivity index (χ4v) is 4.37. The Balaban J connectivity index is 1.71. The molecule has 0 radical (unpaired) electrons. The standard InChI is InChI=1S/C20H27N3OS/c1-4-17-7-5-6-11-22(17)19(24)14-25-20-21-10-12-23(20)18-13-15(2)8-9-16(18)3/h8-10,12-13,17H,4-7,11,14H2,1-3H3. The number of benzene rings is 1. The van der Waals surface area contributed by atoms with E-state index in [0.717, 1.165) is 36.7 Å². The Morgan fingerprint density at radius 2 is 2.16 bits per heavy atom. The summed E-state index contributed by atoms with van der Waals surface area (Å²) in [6, 6.07) is 6.83. The summed E-state index contributed by atoms with van der Waals surface area (Å²) in [6.07, 6.45) is 8.35. The van der Waals surface area contributed by atoms with Crippen molar-refractivity contribution < 1.29 is 4.79 Å². The molecule has 0 N–H and O–H groups in total. The molecule has 0 bridgehead atoms. The second kappa shape index (κ2) is 8.09. The molecular weight excluding hydrogens is 330 g/mol. The third-order valence-corrected chi connectivity index (χ3v) is 5.93. The van der Waals surface area contributed by atoms with Crippen molar-refractivity contribution >= 4 is 17.7 Å². The van der Waals surface area contributed by atoms with Gasteiger partial charge in [0.1, 0.15) is 0 Å². The summed E-state index contributed by atoms with van der Waals surface area (Å²) in [6.45, 7) is 7.28. The number of hydrogen-bond donors (Lipinski definition) is 0. The van der Waals surface area contributed by atoms with Crippen molar-refractivity contribution in [3.05, 3.63) is 41.7 Å². The van der Waals surface area contributed by atoms with Crippen LogP contribution in [0.2, 0.25) is 0 Å². The summed E-state index contributed by atoms with van der Waals surface area (Å²) >= 11 is 1.54. The molecule has 1 amide bonds. The van der Waals surface area contributed by atoms with Gasteiger partial charge in [0.05, 0.1) is 11.4 Å². The van der Waals surface area contributed by atoms with Gasteiger partial charge in [-0.05, 0) is 56.7 Å². The first-order chi connectivity index (χ1) is 12.1. The lowest BCUT2D eigenvalue weighted by Crippen LogP contribution is -2.44. The van der Waals surface area contributed by atoms with E-state index in [0.29, 0.717) is 11.8 Å². The number of aromatic nitrogens is 2. The molecule has 5 heteroatoms. The molecule has 1 aromatic carbocycles. The van der Waals surface area contributed by atoms with Gasteiger partial charge in [-0.15, -0.1) is 0 Å². The van der Waals surface area contributed by atoms with Gasteiger partial charge in [-0.3, -0.25) is 9.36 Å². The van der Waals surface area contributed by atoms with Gasteiger partial charge >= 0.3 is 0 Å². The minimum atomic E-state index is 0.243. The normalized spacial score (nSPS) is 17.7. The maximum absolute atomic E-state index is 12.7. The minimum Gasteiger partial charge on any atom is -0.339 e. The zero-order valence-corrected chi connectivity index (χ0v) is 16.2. The van der Waals surface area contributed by atoms with Crippen LogP contribution in [0.15, 0.2) is 35.7 Å². The molecule has 25 heavy (non-hydrogen) atoms. The zero-order valence-electron chi connectivity index (χ0n) is 15.4. The summed E-state index contributed by atoms with van der Waals surface area (Å²) in [7, 11) is 0. The zero-order chi connectivity index (χ0) is 17.8. The van der Waals surface area contributed by atoms with Crippen LogP contribution in [0.4, 0.5) is 0 Å². The number of likely N-dealkylation sites (tertiary alicyclic amines) is 1. The summed E-state index contributed by atoms with van der Waals surface area (Å²) in [4.78, 5) is 19.3. The van der Waals surface area contributed by atoms with Crippen molar-refractivity contribution in [2.75, 3.05) is 12.3 Å². The molecule has 1 unspecified atom stereocenters. The molecule has 2 heterocycles. The Kier molecular flexibility index (Phi) is 5.84. The van der Waals surface area contributed by atoms with Crippen molar-refractivity contribution in [2.24, 2.45) is 0 Å². The van der Waals surface area contributed by atoms with Crippen LogP contribution >= 0.6 is 11.8 Å². The van der Waals surface area contributed by atoms with E-state index in [9.17, 15) is 4.79 Å². The Labute approximate surface area is 154 Å². The van der Waals surface area contributed by atoms with E-state index in [-0.39, 0.29) is 5.91 Å². The van der Waals surface area contributed by atoms with Gasteiger partial charge < -0.3 is 4.90 Å². The number of carbonyl (C=O) groups excluding carboxylic acids is 1. The summed E-state index contributed by atoms with van der Waals surface area (Å²) in [5.41, 5.74) is 3.57. The monoisotopic (exact) mass is 357 g/mol. The fourth-order valence-electron chi connectivity index (χ4n) is 3.52. The molecule has 4 nitrogen and oxygen atoms in total. The summed E-state index contributed by atoms with van der Waals surface area (Å²) in [5, 5.41) is 0.882. The van der Waals surface area contributed by atoms with E-state index < -0.39 is 0 Å². The number of amides is 1. The van der Waals surface area contributed by atoms with Gasteiger partial charge in [-0.25, -0.2) is 4.98 Å². The van der Waals surface area contributed by atoms with Crippen LogP contribution < -0.4 is 0 Å². The van der Waals surface area contributed by atoms with Gasteiger partial charge in [0.25, 0.3) is 0 Å². The highest BCUT2D eigenvalue weighted by Crippen LogP contribution is 2.25. The molecule has 134 valence electrons. The lowest BCUT2D eigenvalue weighted by molar-refractivity contribution is -0.132. The predicted molar refractivity (Wildman–Crippen MR) is 103 cm³/mol. The topological polar surface area (TPSA) is 38.1 Å². The van der Waals surface area contributed by atoms with Gasteiger partial charge in [-0.1, -0.05) is 30.8 Å². The molecule has 0 aliphatic carbocycles. The Bertz CT molecular complexity index is 740. The highest BCUT2D eigenvalue weighted by molar-refractivity contribution is 7.99. The van der Waals surface area contributed by atoms with E-state index in [1.165, 1.54) is 29.3 Å². The number of imidazole rings is 1. The predicted octanol–water partition coefficient (Wildman–Crippen LogP) is 4.37. The van der Waals surface area contributed by atoms with Gasteiger partial charge in [0.2, 0.25) is 5.91 Å². The third kappa shape index (κ3) is 4.09. The number of piperidine rings is 1. The van der Waals surface area contributed by atoms with Crippen LogP contribution in [0.3, 0.4) is 0 Å². The number of rotatable bonds is 5. The average molecular weight is 358 g/mol. The fraction of sp³-hybridized carbons (Fsp3) is 0.500. The highest BCUT2D eigenvalue weighted by atomic mass is 32.2. The van der Waals surface area contributed by atoms with Crippen LogP contribution in [0.5, 0.6) is 0 Å². The number of thioether (sulfide) groups is 1. The Morgan fingerprint density at radius 1 is 1.32 bits per heavy atom. The molecule has 1 aromatic heterocycles. The largest absolute Gasteiger partial charge is 0.339 e. The van der Waals surface area contributed by atoms with Crippen LogP contribution in [0, 0.1) is 13.8 Å². The maximum Gasteiger partial charge on any atom is 0.233 e. The quantitative estimate of drug-likeness (QED) is 0.746. The van der Waals surface area contributed by atoms with E-state index in [2.05, 4.69) is 53.4 Å². The van der Waals surface area contributed by atoms with Gasteiger partial charge in [-0.2, -0.15) is 0 Å². The Hall–Kier alpha value is -1.75. The lowest BCUT2D eigenvalue weighted by Gasteiger charge is -2.35. The molecule has 1 aliphatic rings. The van der Waals surface area contributed by atoms with E-state index in [4.69, 9.17) is 0 Å². The van der Waals surface area contributed by atoms with E-state index in [1.807, 2.05) is 12.4 Å². The second-order valence-corrected chi connectivity index (χ2v) is 7.75. The smallest absolute Gasteiger partial charge is 0.233 e. The van der Waals surface area contributed by atoms with Crippen LogP contribution in [0.25, 0.3) is 5.69 Å². The van der Waals surface area contributed by atoms with E-state index in [1.54, 1.807) is 0 Å². The molecule has 2 aromatic rings. The number of hydrogen-bond acceptors (Lipinski definition) is 3. The van der Waals surface area contributed by atoms with Crippen LogP contribution in [-0.2, 0) is 4.79 Å². The molecule has 1 saturated heterocycles.